The van der Waals surface area contributed by atoms with Crippen molar-refractivity contribution in [2.75, 3.05) is 11.4 Å². The molecule has 0 saturated heterocycles. The number of para-hydroxylation sites is 1. The van der Waals surface area contributed by atoms with Crippen LogP contribution in [-0.2, 0) is 20.9 Å². The van der Waals surface area contributed by atoms with Crippen LogP contribution in [0.1, 0.15) is 37.0 Å². The summed E-state index contributed by atoms with van der Waals surface area (Å²) in [6.45, 7) is 5.41. The number of nitrogens with zero attached hydrogens (tertiary/aromatic N) is 2. The van der Waals surface area contributed by atoms with Gasteiger partial charge in [-0.15, -0.1) is 0 Å². The van der Waals surface area contributed by atoms with E-state index in [9.17, 15) is 14.4 Å². The Bertz CT molecular complexity index is 985. The quantitative estimate of drug-likeness (QED) is 0.795. The molecule has 1 aliphatic heterocycles. The molecule has 30 heavy (non-hydrogen) atoms. The van der Waals surface area contributed by atoms with E-state index in [0.717, 1.165) is 16.7 Å². The van der Waals surface area contributed by atoms with E-state index in [1.807, 2.05) is 55.5 Å². The van der Waals surface area contributed by atoms with Crippen molar-refractivity contribution in [3.05, 3.63) is 65.2 Å². The minimum atomic E-state index is -1.18. The second kappa shape index (κ2) is 9.35. The number of carbonyl (C=O) groups excluding carboxylic acids is 3. The molecule has 2 aromatic carbocycles. The Kier molecular flexibility index (Phi) is 6.61. The molecule has 2 amide bonds. The third-order valence-electron chi connectivity index (χ3n) is 4.92. The van der Waals surface area contributed by atoms with Gasteiger partial charge in [-0.1, -0.05) is 55.5 Å². The van der Waals surface area contributed by atoms with Gasteiger partial charge in [-0.25, -0.2) is 4.79 Å². The number of ether oxygens (including phenoxy) is 1. The highest BCUT2D eigenvalue weighted by atomic mass is 16.5. The van der Waals surface area contributed by atoms with Crippen molar-refractivity contribution in [1.82, 2.24) is 5.32 Å². The van der Waals surface area contributed by atoms with E-state index in [1.165, 1.54) is 4.90 Å². The third kappa shape index (κ3) is 4.74. The first-order valence-corrected chi connectivity index (χ1v) is 9.85. The number of benzene rings is 2. The molecule has 0 fully saturated rings. The van der Waals surface area contributed by atoms with Gasteiger partial charge in [-0.3, -0.25) is 19.9 Å². The van der Waals surface area contributed by atoms with Crippen molar-refractivity contribution < 1.29 is 19.1 Å². The van der Waals surface area contributed by atoms with Crippen LogP contribution in [0.4, 0.5) is 10.5 Å². The van der Waals surface area contributed by atoms with Crippen LogP contribution in [0.25, 0.3) is 0 Å². The fraction of sp³-hybridized carbons (Fsp3) is 0.304. The summed E-state index contributed by atoms with van der Waals surface area (Å²) < 4.78 is 5.24. The topological polar surface area (TPSA) is 88.1 Å². The lowest BCUT2D eigenvalue weighted by Gasteiger charge is -2.26. The molecule has 1 unspecified atom stereocenters. The van der Waals surface area contributed by atoms with Gasteiger partial charge in [0.1, 0.15) is 6.61 Å². The van der Waals surface area contributed by atoms with Crippen molar-refractivity contribution >= 4 is 29.2 Å². The molecule has 0 radical (unpaired) electrons. The van der Waals surface area contributed by atoms with Crippen LogP contribution in [0, 0.1) is 6.92 Å². The number of hydrogen-bond acceptors (Lipinski definition) is 5. The van der Waals surface area contributed by atoms with Crippen molar-refractivity contribution in [2.24, 2.45) is 4.99 Å². The molecule has 0 bridgehead atoms. The van der Waals surface area contributed by atoms with E-state index in [0.29, 0.717) is 17.8 Å². The van der Waals surface area contributed by atoms with Crippen molar-refractivity contribution in [1.29, 1.82) is 0 Å². The summed E-state index contributed by atoms with van der Waals surface area (Å²) in [6, 6.07) is 14.9. The first kappa shape index (κ1) is 21.2. The van der Waals surface area contributed by atoms with Crippen LogP contribution in [0.15, 0.2) is 53.5 Å². The van der Waals surface area contributed by atoms with Crippen LogP contribution < -0.4 is 10.2 Å². The summed E-state index contributed by atoms with van der Waals surface area (Å²) in [5.74, 6) is -0.552. The van der Waals surface area contributed by atoms with E-state index in [1.54, 1.807) is 13.8 Å². The molecule has 1 aliphatic rings. The molecule has 156 valence electrons. The van der Waals surface area contributed by atoms with Gasteiger partial charge in [0.25, 0.3) is 5.91 Å². The lowest BCUT2D eigenvalue weighted by Crippen LogP contribution is -2.49. The Hall–Kier alpha value is -3.48. The Morgan fingerprint density at radius 3 is 2.53 bits per heavy atom. The van der Waals surface area contributed by atoms with E-state index in [2.05, 4.69) is 10.3 Å². The van der Waals surface area contributed by atoms with Gasteiger partial charge in [0.2, 0.25) is 6.17 Å². The number of fused-ring (bicyclic) bond motifs is 1. The number of alkyl carbamates (subject to hydrolysis) is 1. The zero-order valence-corrected chi connectivity index (χ0v) is 17.3. The summed E-state index contributed by atoms with van der Waals surface area (Å²) in [4.78, 5) is 43.6. The predicted molar refractivity (Wildman–Crippen MR) is 115 cm³/mol. The molecule has 7 heteroatoms. The van der Waals surface area contributed by atoms with Gasteiger partial charge in [-0.05, 0) is 25.0 Å². The number of Topliss-reactive ketones (excluding diaryl/α,β-unsaturated/α-hetero) is 1. The third-order valence-corrected chi connectivity index (χ3v) is 4.92. The van der Waals surface area contributed by atoms with Crippen LogP contribution in [0.2, 0.25) is 0 Å². The van der Waals surface area contributed by atoms with Gasteiger partial charge >= 0.3 is 6.09 Å². The molecular formula is C23H25N3O4. The molecule has 0 aliphatic carbocycles. The number of ketones is 1. The summed E-state index contributed by atoms with van der Waals surface area (Å²) >= 11 is 0. The van der Waals surface area contributed by atoms with Crippen molar-refractivity contribution in [3.8, 4) is 0 Å². The number of carbonyl (C=O) groups is 3. The number of benzodiazepines with no additional fused rings is 1. The number of hydrogen-bond donors (Lipinski definition) is 1. The van der Waals surface area contributed by atoms with Gasteiger partial charge in [-0.2, -0.15) is 0 Å². The van der Waals surface area contributed by atoms with Crippen LogP contribution in [0.3, 0.4) is 0 Å². The largest absolute Gasteiger partial charge is 0.445 e. The summed E-state index contributed by atoms with van der Waals surface area (Å²) in [7, 11) is 0. The Morgan fingerprint density at radius 2 is 1.83 bits per heavy atom. The van der Waals surface area contributed by atoms with E-state index in [-0.39, 0.29) is 18.9 Å². The standard InChI is InChI=1S/C23H25N3O4/c1-4-18(27)13-26-20-15(2)9-8-12-19(20)16(3)24-21(22(26)28)25-23(29)30-14-17-10-6-5-7-11-17/h5-12,21H,4,13-14H2,1-3H3,(H,25,29). The molecular weight excluding hydrogens is 382 g/mol. The highest BCUT2D eigenvalue weighted by molar-refractivity contribution is 6.14. The van der Waals surface area contributed by atoms with Gasteiger partial charge in [0.15, 0.2) is 5.78 Å². The number of anilines is 1. The molecule has 3 rings (SSSR count). The first-order chi connectivity index (χ1) is 14.4. The molecule has 7 nitrogen and oxygen atoms in total. The SMILES string of the molecule is CCC(=O)CN1C(=O)C(NC(=O)OCc2ccccc2)N=C(C)c2cccc(C)c21. The van der Waals surface area contributed by atoms with E-state index in [4.69, 9.17) is 4.74 Å². The normalized spacial score (nSPS) is 15.7. The van der Waals surface area contributed by atoms with Crippen molar-refractivity contribution in [3.63, 3.8) is 0 Å². The average Bonchev–Trinajstić information content (AvgIpc) is 2.84. The maximum absolute atomic E-state index is 13.3. The van der Waals surface area contributed by atoms with Crippen LogP contribution in [-0.4, -0.2) is 36.2 Å². The Balaban J connectivity index is 1.84. The number of aliphatic imine (C=N–C) groups is 1. The average molecular weight is 407 g/mol. The zero-order valence-electron chi connectivity index (χ0n) is 17.3. The molecule has 0 aromatic heterocycles. The van der Waals surface area contributed by atoms with E-state index < -0.39 is 18.2 Å². The minimum absolute atomic E-state index is 0.0762. The molecule has 1 heterocycles. The smallest absolute Gasteiger partial charge is 0.409 e. The summed E-state index contributed by atoms with van der Waals surface area (Å²) in [6.07, 6.45) is -1.62. The van der Waals surface area contributed by atoms with Gasteiger partial charge in [0.05, 0.1) is 12.2 Å². The molecule has 2 aromatic rings. The minimum Gasteiger partial charge on any atom is -0.445 e. The number of amides is 2. The van der Waals surface area contributed by atoms with Gasteiger partial charge < -0.3 is 9.64 Å². The highest BCUT2D eigenvalue weighted by Gasteiger charge is 2.33. The molecule has 0 spiro atoms. The maximum Gasteiger partial charge on any atom is 0.409 e. The first-order valence-electron chi connectivity index (χ1n) is 9.85. The molecule has 1 N–H and O–H groups in total. The lowest BCUT2D eigenvalue weighted by atomic mass is 10.0. The summed E-state index contributed by atoms with van der Waals surface area (Å²) in [5.41, 5.74) is 3.69. The Morgan fingerprint density at radius 1 is 1.10 bits per heavy atom. The fourth-order valence-corrected chi connectivity index (χ4v) is 3.30. The highest BCUT2D eigenvalue weighted by Crippen LogP contribution is 2.29. The lowest BCUT2D eigenvalue weighted by molar-refractivity contribution is -0.123. The number of aryl methyl sites for hydroxylation is 1. The second-order valence-corrected chi connectivity index (χ2v) is 7.11. The monoisotopic (exact) mass is 407 g/mol. The number of rotatable bonds is 6. The number of nitrogens with one attached hydrogen (secondary N) is 1. The van der Waals surface area contributed by atoms with Crippen LogP contribution in [0.5, 0.6) is 0 Å². The zero-order chi connectivity index (χ0) is 21.7. The summed E-state index contributed by atoms with van der Waals surface area (Å²) in [5, 5.41) is 2.53. The fourth-order valence-electron chi connectivity index (χ4n) is 3.30. The molecule has 1 atom stereocenters. The predicted octanol–water partition coefficient (Wildman–Crippen LogP) is 3.38. The second-order valence-electron chi connectivity index (χ2n) is 7.11. The maximum atomic E-state index is 13.3. The van der Waals surface area contributed by atoms with Gasteiger partial charge in [0, 0.05) is 17.7 Å². The van der Waals surface area contributed by atoms with Crippen LogP contribution >= 0.6 is 0 Å². The van der Waals surface area contributed by atoms with E-state index >= 15 is 0 Å². The van der Waals surface area contributed by atoms with Crippen molar-refractivity contribution in [2.45, 2.75) is 40.0 Å². The Labute approximate surface area is 175 Å². The molecule has 0 saturated carbocycles.